The molecule has 2 rings (SSSR count). The first-order valence-corrected chi connectivity index (χ1v) is 9.69. The van der Waals surface area contributed by atoms with Gasteiger partial charge in [-0.15, -0.1) is 0 Å². The number of hydrogen-bond donors (Lipinski definition) is 3. The van der Waals surface area contributed by atoms with Crippen LogP contribution in [0.3, 0.4) is 0 Å². The summed E-state index contributed by atoms with van der Waals surface area (Å²) in [6.07, 6.45) is -2.31. The maximum atomic E-state index is 12.4. The zero-order valence-electron chi connectivity index (χ0n) is 16.3. The molecule has 12 heteroatoms. The molecule has 30 heavy (non-hydrogen) atoms. The van der Waals surface area contributed by atoms with Crippen LogP contribution in [0.25, 0.3) is 0 Å². The molecule has 0 aromatic rings. The Labute approximate surface area is 171 Å². The molecule has 0 aliphatic heterocycles. The number of nitrogens with zero attached hydrogens (tertiary/aromatic N) is 1. The van der Waals surface area contributed by atoms with E-state index in [9.17, 15) is 44.6 Å². The molecule has 3 N–H and O–H groups in total. The number of carbonyl (C=O) groups excluding carboxylic acids is 2. The van der Waals surface area contributed by atoms with Gasteiger partial charge in [-0.3, -0.25) is 29.3 Å². The first kappa shape index (κ1) is 23.5. The van der Waals surface area contributed by atoms with Crippen LogP contribution in [0.1, 0.15) is 45.4 Å². The number of carboxylic acid groups (broad SMARTS) is 2. The van der Waals surface area contributed by atoms with E-state index in [1.807, 2.05) is 0 Å². The maximum Gasteiger partial charge on any atom is 0.312 e. The fraction of sp³-hybridized carbons (Fsp3) is 0.778. The summed E-state index contributed by atoms with van der Waals surface area (Å²) in [5, 5.41) is 39.1. The summed E-state index contributed by atoms with van der Waals surface area (Å²) in [6.45, 7) is 1.24. The van der Waals surface area contributed by atoms with E-state index >= 15 is 0 Å². The quantitative estimate of drug-likeness (QED) is 0.219. The lowest BCUT2D eigenvalue weighted by atomic mass is 9.77. The molecule has 0 spiro atoms. The SMILES string of the molecule is CC(OC(=O)C1CCC(O)CC1C(=O)O)OC(=O)C1CCC([N+](=O)[O-])CC1C(=O)O. The van der Waals surface area contributed by atoms with E-state index < -0.39 is 70.9 Å². The van der Waals surface area contributed by atoms with Gasteiger partial charge in [0.05, 0.1) is 29.8 Å². The zero-order valence-corrected chi connectivity index (χ0v) is 16.3. The van der Waals surface area contributed by atoms with Crippen molar-refractivity contribution in [1.82, 2.24) is 0 Å². The first-order valence-electron chi connectivity index (χ1n) is 9.69. The number of nitro groups is 1. The molecule has 0 bridgehead atoms. The Kier molecular flexibility index (Phi) is 7.71. The molecule has 0 saturated heterocycles. The molecule has 2 aliphatic rings. The highest BCUT2D eigenvalue weighted by atomic mass is 16.7. The fourth-order valence-corrected chi connectivity index (χ4v) is 4.12. The topological polar surface area (TPSA) is 191 Å². The molecule has 12 nitrogen and oxygen atoms in total. The number of carbonyl (C=O) groups is 4. The molecular formula is C18H25NO11. The molecule has 2 fully saturated rings. The van der Waals surface area contributed by atoms with Crippen molar-refractivity contribution in [1.29, 1.82) is 0 Å². The Balaban J connectivity index is 1.96. The Morgan fingerprint density at radius 2 is 1.33 bits per heavy atom. The average Bonchev–Trinajstić information content (AvgIpc) is 2.66. The van der Waals surface area contributed by atoms with Crippen molar-refractivity contribution in [2.24, 2.45) is 23.7 Å². The van der Waals surface area contributed by atoms with Gasteiger partial charge in [0.2, 0.25) is 12.3 Å². The molecule has 0 radical (unpaired) electrons. The second-order valence-corrected chi connectivity index (χ2v) is 7.76. The van der Waals surface area contributed by atoms with Gasteiger partial charge in [-0.05, 0) is 25.7 Å². The van der Waals surface area contributed by atoms with Gasteiger partial charge in [0.25, 0.3) is 0 Å². The summed E-state index contributed by atoms with van der Waals surface area (Å²) in [7, 11) is 0. The molecule has 2 aliphatic carbocycles. The monoisotopic (exact) mass is 431 g/mol. The summed E-state index contributed by atoms with van der Waals surface area (Å²) < 4.78 is 10.1. The molecule has 0 heterocycles. The summed E-state index contributed by atoms with van der Waals surface area (Å²) >= 11 is 0. The predicted octanol–water partition coefficient (Wildman–Crippen LogP) is 0.427. The number of hydrogen-bond acceptors (Lipinski definition) is 9. The van der Waals surface area contributed by atoms with Crippen molar-refractivity contribution in [2.45, 2.75) is 63.9 Å². The molecule has 0 aromatic heterocycles. The molecular weight excluding hydrogens is 406 g/mol. The van der Waals surface area contributed by atoms with Crippen molar-refractivity contribution in [3.8, 4) is 0 Å². The summed E-state index contributed by atoms with van der Waals surface area (Å²) in [4.78, 5) is 57.9. The zero-order chi connectivity index (χ0) is 22.6. The lowest BCUT2D eigenvalue weighted by Gasteiger charge is -2.31. The van der Waals surface area contributed by atoms with E-state index in [1.54, 1.807) is 0 Å². The lowest BCUT2D eigenvalue weighted by Crippen LogP contribution is -2.42. The third-order valence-electron chi connectivity index (χ3n) is 5.75. The van der Waals surface area contributed by atoms with Crippen LogP contribution in [-0.2, 0) is 28.7 Å². The highest BCUT2D eigenvalue weighted by Crippen LogP contribution is 2.34. The van der Waals surface area contributed by atoms with Gasteiger partial charge in [0, 0.05) is 24.7 Å². The van der Waals surface area contributed by atoms with Gasteiger partial charge >= 0.3 is 23.9 Å². The number of ether oxygens (including phenoxy) is 2. The van der Waals surface area contributed by atoms with Crippen molar-refractivity contribution in [3.63, 3.8) is 0 Å². The Morgan fingerprint density at radius 3 is 1.80 bits per heavy atom. The maximum absolute atomic E-state index is 12.4. The summed E-state index contributed by atoms with van der Waals surface area (Å²) in [5.74, 6) is -8.96. The van der Waals surface area contributed by atoms with Crippen molar-refractivity contribution in [3.05, 3.63) is 10.1 Å². The van der Waals surface area contributed by atoms with E-state index in [2.05, 4.69) is 0 Å². The molecule has 2 saturated carbocycles. The minimum absolute atomic E-state index is 0.0232. The van der Waals surface area contributed by atoms with E-state index in [-0.39, 0.29) is 38.5 Å². The van der Waals surface area contributed by atoms with E-state index in [4.69, 9.17) is 9.47 Å². The van der Waals surface area contributed by atoms with Crippen LogP contribution < -0.4 is 0 Å². The number of rotatable bonds is 7. The first-order chi connectivity index (χ1) is 14.0. The number of aliphatic hydroxyl groups is 1. The van der Waals surface area contributed by atoms with Crippen LogP contribution in [0.5, 0.6) is 0 Å². The standard InChI is InChI=1S/C18H25NO11/c1-8(30-18(26)12-5-3-10(20)7-14(12)16(23)24)29-17(25)11-4-2-9(19(27)28)6-13(11)15(21)22/h8-14,20H,2-7H2,1H3,(H,21,22)(H,23,24). The van der Waals surface area contributed by atoms with Crippen LogP contribution in [0, 0.1) is 33.8 Å². The largest absolute Gasteiger partial charge is 0.481 e. The van der Waals surface area contributed by atoms with E-state index in [0.29, 0.717) is 0 Å². The Bertz CT molecular complexity index is 708. The molecule has 0 amide bonds. The second-order valence-electron chi connectivity index (χ2n) is 7.76. The van der Waals surface area contributed by atoms with Crippen molar-refractivity contribution < 1.29 is 48.9 Å². The molecule has 168 valence electrons. The number of aliphatic carboxylic acids is 2. The molecule has 7 unspecified atom stereocenters. The third kappa shape index (κ3) is 5.65. The Hall–Kier alpha value is -2.76. The number of carboxylic acids is 2. The van der Waals surface area contributed by atoms with Gasteiger partial charge in [-0.1, -0.05) is 0 Å². The highest BCUT2D eigenvalue weighted by Gasteiger charge is 2.45. The van der Waals surface area contributed by atoms with Crippen molar-refractivity contribution >= 4 is 23.9 Å². The van der Waals surface area contributed by atoms with Crippen LogP contribution in [0.4, 0.5) is 0 Å². The minimum Gasteiger partial charge on any atom is -0.481 e. The van der Waals surface area contributed by atoms with Gasteiger partial charge in [0.1, 0.15) is 0 Å². The Morgan fingerprint density at radius 1 is 0.867 bits per heavy atom. The molecule has 0 aromatic carbocycles. The molecule has 7 atom stereocenters. The van der Waals surface area contributed by atoms with Gasteiger partial charge in [0.15, 0.2) is 0 Å². The summed E-state index contributed by atoms with van der Waals surface area (Å²) in [5.41, 5.74) is 0. The lowest BCUT2D eigenvalue weighted by molar-refractivity contribution is -0.528. The number of aliphatic hydroxyl groups excluding tert-OH is 1. The van der Waals surface area contributed by atoms with Gasteiger partial charge < -0.3 is 24.8 Å². The third-order valence-corrected chi connectivity index (χ3v) is 5.75. The predicted molar refractivity (Wildman–Crippen MR) is 95.4 cm³/mol. The van der Waals surface area contributed by atoms with Gasteiger partial charge in [-0.2, -0.15) is 0 Å². The van der Waals surface area contributed by atoms with Crippen LogP contribution in [-0.4, -0.2) is 62.6 Å². The number of esters is 2. The summed E-state index contributed by atoms with van der Waals surface area (Å²) in [6, 6.07) is -1.06. The second kappa shape index (κ2) is 9.83. The van der Waals surface area contributed by atoms with Crippen LogP contribution in [0.15, 0.2) is 0 Å². The smallest absolute Gasteiger partial charge is 0.312 e. The normalized spacial score (nSPS) is 32.5. The van der Waals surface area contributed by atoms with E-state index in [1.165, 1.54) is 6.92 Å². The minimum atomic E-state index is -1.39. The average molecular weight is 431 g/mol. The highest BCUT2D eigenvalue weighted by molar-refractivity contribution is 5.82. The fourth-order valence-electron chi connectivity index (χ4n) is 4.12. The van der Waals surface area contributed by atoms with Crippen molar-refractivity contribution in [2.75, 3.05) is 0 Å². The van der Waals surface area contributed by atoms with E-state index in [0.717, 1.165) is 0 Å². The van der Waals surface area contributed by atoms with Crippen LogP contribution >= 0.6 is 0 Å². The van der Waals surface area contributed by atoms with Gasteiger partial charge in [-0.25, -0.2) is 0 Å². The van der Waals surface area contributed by atoms with Crippen LogP contribution in [0.2, 0.25) is 0 Å².